The highest BCUT2D eigenvalue weighted by Gasteiger charge is 2.41. The van der Waals surface area contributed by atoms with Crippen molar-refractivity contribution in [3.8, 4) is 0 Å². The Bertz CT molecular complexity index is 690. The van der Waals surface area contributed by atoms with E-state index in [-0.39, 0.29) is 24.1 Å². The highest BCUT2D eigenvalue weighted by molar-refractivity contribution is 6.13. The molecule has 1 fully saturated rings. The second kappa shape index (κ2) is 6.04. The molecule has 0 saturated carbocycles. The smallest absolute Gasteiger partial charge is 0.256 e. The molecule has 1 aromatic rings. The fourth-order valence-electron chi connectivity index (χ4n) is 3.32. The molecule has 1 aromatic carbocycles. The molecule has 0 N–H and O–H groups in total. The lowest BCUT2D eigenvalue weighted by Crippen LogP contribution is -2.52. The van der Waals surface area contributed by atoms with Crippen LogP contribution in [0.15, 0.2) is 24.3 Å². The van der Waals surface area contributed by atoms with Crippen LogP contribution in [0.25, 0.3) is 0 Å². The summed E-state index contributed by atoms with van der Waals surface area (Å²) < 4.78 is 0. The molecule has 1 atom stereocenters. The Labute approximate surface area is 142 Å². The summed E-state index contributed by atoms with van der Waals surface area (Å²) in [5.41, 5.74) is 0.536. The molecule has 0 bridgehead atoms. The number of nitrogens with zero attached hydrogens (tertiary/aromatic N) is 2. The minimum atomic E-state index is -0.530. The van der Waals surface area contributed by atoms with Crippen LogP contribution in [0.2, 0.25) is 0 Å². The quantitative estimate of drug-likeness (QED) is 0.838. The van der Waals surface area contributed by atoms with Crippen molar-refractivity contribution in [2.24, 2.45) is 5.41 Å². The normalized spacial score (nSPS) is 21.2. The minimum absolute atomic E-state index is 0.0109. The molecule has 24 heavy (non-hydrogen) atoms. The zero-order valence-corrected chi connectivity index (χ0v) is 14.5. The van der Waals surface area contributed by atoms with Crippen LogP contribution in [0.3, 0.4) is 0 Å². The number of hydrogen-bond acceptors (Lipinski definition) is 3. The average Bonchev–Trinajstić information content (AvgIpc) is 2.64. The number of carbonyl (C=O) groups excluding carboxylic acids is 3. The average molecular weight is 328 g/mol. The van der Waals surface area contributed by atoms with Crippen molar-refractivity contribution in [1.29, 1.82) is 0 Å². The van der Waals surface area contributed by atoms with E-state index in [1.54, 1.807) is 29.2 Å². The Morgan fingerprint density at radius 2 is 1.88 bits per heavy atom. The molecule has 0 aromatic heterocycles. The van der Waals surface area contributed by atoms with Crippen LogP contribution in [-0.4, -0.2) is 41.6 Å². The summed E-state index contributed by atoms with van der Waals surface area (Å²) in [6.45, 7) is 6.16. The Balaban J connectivity index is 2.06. The number of carbonyl (C=O) groups is 3. The molecular formula is C19H24N2O3. The fourth-order valence-corrected chi connectivity index (χ4v) is 3.32. The van der Waals surface area contributed by atoms with Gasteiger partial charge in [0.15, 0.2) is 5.78 Å². The molecule has 0 unspecified atom stereocenters. The molecule has 1 saturated heterocycles. The maximum absolute atomic E-state index is 13.1. The van der Waals surface area contributed by atoms with Crippen molar-refractivity contribution in [2.75, 3.05) is 18.0 Å². The van der Waals surface area contributed by atoms with Crippen molar-refractivity contribution in [3.63, 3.8) is 0 Å². The number of rotatable bonds is 2. The first-order valence-corrected chi connectivity index (χ1v) is 8.55. The molecule has 2 heterocycles. The van der Waals surface area contributed by atoms with Crippen LogP contribution in [0.5, 0.6) is 0 Å². The van der Waals surface area contributed by atoms with Gasteiger partial charge in [0.1, 0.15) is 6.04 Å². The summed E-state index contributed by atoms with van der Waals surface area (Å²) in [4.78, 5) is 41.8. The van der Waals surface area contributed by atoms with Gasteiger partial charge in [-0.3, -0.25) is 14.4 Å². The van der Waals surface area contributed by atoms with E-state index in [0.717, 1.165) is 12.8 Å². The van der Waals surface area contributed by atoms with E-state index in [0.29, 0.717) is 24.2 Å². The molecule has 2 aliphatic rings. The van der Waals surface area contributed by atoms with Crippen LogP contribution in [-0.2, 0) is 9.59 Å². The Morgan fingerprint density at radius 1 is 1.17 bits per heavy atom. The lowest BCUT2D eigenvalue weighted by atomic mass is 9.90. The van der Waals surface area contributed by atoms with Crippen molar-refractivity contribution in [1.82, 2.24) is 4.90 Å². The first kappa shape index (κ1) is 16.7. The number of hydrogen-bond donors (Lipinski definition) is 0. The molecule has 2 aliphatic heterocycles. The maximum atomic E-state index is 13.1. The van der Waals surface area contributed by atoms with Gasteiger partial charge >= 0.3 is 0 Å². The summed E-state index contributed by atoms with van der Waals surface area (Å²) >= 11 is 0. The van der Waals surface area contributed by atoms with Gasteiger partial charge in [-0.25, -0.2) is 0 Å². The number of fused-ring (bicyclic) bond motifs is 2. The van der Waals surface area contributed by atoms with Gasteiger partial charge in [0, 0.05) is 12.0 Å². The molecule has 5 heteroatoms. The second-order valence-corrected chi connectivity index (χ2v) is 7.62. The van der Waals surface area contributed by atoms with Gasteiger partial charge in [-0.1, -0.05) is 32.9 Å². The molecule has 0 radical (unpaired) electrons. The number of Topliss-reactive ketones (excluding diaryl/α,β-unsaturated/α-hetero) is 1. The number of anilines is 1. The number of piperidine rings is 1. The van der Waals surface area contributed by atoms with Crippen LogP contribution in [0, 0.1) is 5.41 Å². The van der Waals surface area contributed by atoms with E-state index >= 15 is 0 Å². The van der Waals surface area contributed by atoms with Gasteiger partial charge in [-0.15, -0.1) is 0 Å². The lowest BCUT2D eigenvalue weighted by Gasteiger charge is -2.34. The third-order valence-electron chi connectivity index (χ3n) is 4.88. The molecule has 2 amide bonds. The second-order valence-electron chi connectivity index (χ2n) is 7.62. The van der Waals surface area contributed by atoms with E-state index in [4.69, 9.17) is 0 Å². The maximum Gasteiger partial charge on any atom is 0.256 e. The zero-order chi connectivity index (χ0) is 17.5. The predicted molar refractivity (Wildman–Crippen MR) is 91.9 cm³/mol. The van der Waals surface area contributed by atoms with E-state index < -0.39 is 11.5 Å². The summed E-state index contributed by atoms with van der Waals surface area (Å²) in [7, 11) is 0. The number of para-hydroxylation sites is 1. The predicted octanol–water partition coefficient (Wildman–Crippen LogP) is 2.64. The third kappa shape index (κ3) is 2.83. The van der Waals surface area contributed by atoms with Gasteiger partial charge in [0.05, 0.1) is 17.8 Å². The fraction of sp³-hybridized carbons (Fsp3) is 0.526. The number of ketones is 1. The van der Waals surface area contributed by atoms with Gasteiger partial charge in [0.25, 0.3) is 5.91 Å². The summed E-state index contributed by atoms with van der Waals surface area (Å²) in [5.74, 6) is -0.248. The topological polar surface area (TPSA) is 57.7 Å². The van der Waals surface area contributed by atoms with Crippen LogP contribution in [0.4, 0.5) is 5.69 Å². The Hall–Kier alpha value is -2.17. The number of amides is 2. The first-order chi connectivity index (χ1) is 11.3. The van der Waals surface area contributed by atoms with Crippen LogP contribution >= 0.6 is 0 Å². The third-order valence-corrected chi connectivity index (χ3v) is 4.88. The van der Waals surface area contributed by atoms with Crippen LogP contribution < -0.4 is 4.90 Å². The highest BCUT2D eigenvalue weighted by atomic mass is 16.2. The van der Waals surface area contributed by atoms with Gasteiger partial charge in [0.2, 0.25) is 5.91 Å². The van der Waals surface area contributed by atoms with Crippen LogP contribution in [0.1, 0.15) is 50.4 Å². The summed E-state index contributed by atoms with van der Waals surface area (Å²) in [6, 6.07) is 6.66. The van der Waals surface area contributed by atoms with E-state index in [1.807, 2.05) is 20.8 Å². The molecule has 3 rings (SSSR count). The summed E-state index contributed by atoms with van der Waals surface area (Å²) in [5, 5.41) is 0. The van der Waals surface area contributed by atoms with Crippen molar-refractivity contribution >= 4 is 23.3 Å². The molecule has 128 valence electrons. The molecule has 0 spiro atoms. The first-order valence-electron chi connectivity index (χ1n) is 8.55. The van der Waals surface area contributed by atoms with Crippen molar-refractivity contribution < 1.29 is 14.4 Å². The SMILES string of the molecule is CC(C)(C)C(=O)CN1C(=O)[C@H]2CCCCN2C(=O)c2ccccc21. The van der Waals surface area contributed by atoms with Crippen molar-refractivity contribution in [3.05, 3.63) is 29.8 Å². The minimum Gasteiger partial charge on any atom is -0.327 e. The highest BCUT2D eigenvalue weighted by Crippen LogP contribution is 2.32. The molecule has 5 nitrogen and oxygen atoms in total. The van der Waals surface area contributed by atoms with E-state index in [9.17, 15) is 14.4 Å². The zero-order valence-electron chi connectivity index (χ0n) is 14.5. The van der Waals surface area contributed by atoms with E-state index in [1.165, 1.54) is 4.90 Å². The Morgan fingerprint density at radius 3 is 2.58 bits per heavy atom. The number of benzene rings is 1. The van der Waals surface area contributed by atoms with Gasteiger partial charge in [-0.05, 0) is 31.4 Å². The molecular weight excluding hydrogens is 304 g/mol. The standard InChI is InChI=1S/C19H24N2O3/c1-19(2,3)16(22)12-21-14-9-5-4-8-13(14)17(23)20-11-7-6-10-15(20)18(21)24/h4-5,8-9,15H,6-7,10-12H2,1-3H3/t15-/m1/s1. The monoisotopic (exact) mass is 328 g/mol. The largest absolute Gasteiger partial charge is 0.327 e. The summed E-state index contributed by atoms with van der Waals surface area (Å²) in [6.07, 6.45) is 2.51. The van der Waals surface area contributed by atoms with Gasteiger partial charge in [-0.2, -0.15) is 0 Å². The van der Waals surface area contributed by atoms with Gasteiger partial charge < -0.3 is 9.80 Å². The molecule has 0 aliphatic carbocycles. The lowest BCUT2D eigenvalue weighted by molar-refractivity contribution is -0.129. The Kier molecular flexibility index (Phi) is 4.20. The van der Waals surface area contributed by atoms with E-state index in [2.05, 4.69) is 0 Å². The van der Waals surface area contributed by atoms with Crippen molar-refractivity contribution in [2.45, 2.75) is 46.1 Å².